The van der Waals surface area contributed by atoms with E-state index in [4.69, 9.17) is 19.4 Å². The normalized spacial score (nSPS) is 11.8. The van der Waals surface area contributed by atoms with E-state index in [1.807, 2.05) is 18.2 Å². The van der Waals surface area contributed by atoms with Crippen LogP contribution >= 0.6 is 0 Å². The van der Waals surface area contributed by atoms with Crippen LogP contribution < -0.4 is 0 Å². The molecule has 5 heteroatoms. The van der Waals surface area contributed by atoms with Crippen LogP contribution in [0.5, 0.6) is 0 Å². The average Bonchev–Trinajstić information content (AvgIpc) is 3.69. The molecule has 0 aliphatic rings. The summed E-state index contributed by atoms with van der Waals surface area (Å²) in [5.41, 5.74) is 8.86. The fourth-order valence-corrected chi connectivity index (χ4v) is 7.04. The molecule has 0 fully saturated rings. The first-order valence-corrected chi connectivity index (χ1v) is 16.0. The van der Waals surface area contributed by atoms with E-state index in [1.54, 1.807) is 0 Å². The maximum atomic E-state index is 6.47. The summed E-state index contributed by atoms with van der Waals surface area (Å²) in [5.74, 6) is 1.91. The van der Waals surface area contributed by atoms with Gasteiger partial charge in [-0.2, -0.15) is 0 Å². The van der Waals surface area contributed by atoms with Crippen molar-refractivity contribution in [3.05, 3.63) is 158 Å². The first-order chi connectivity index (χ1) is 23.8. The van der Waals surface area contributed by atoms with Crippen LogP contribution in [0.25, 0.3) is 94.6 Å². The van der Waals surface area contributed by atoms with Crippen LogP contribution in [-0.2, 0) is 0 Å². The zero-order valence-corrected chi connectivity index (χ0v) is 25.7. The summed E-state index contributed by atoms with van der Waals surface area (Å²) in [5, 5.41) is 5.64. The molecule has 0 aliphatic carbocycles. The van der Waals surface area contributed by atoms with Crippen LogP contribution in [0.3, 0.4) is 0 Å². The number of rotatable bonds is 4. The molecule has 224 valence electrons. The monoisotopic (exact) mass is 614 g/mol. The predicted octanol–water partition coefficient (Wildman–Crippen LogP) is 11.0. The maximum absolute atomic E-state index is 6.47. The van der Waals surface area contributed by atoms with Gasteiger partial charge in [-0.1, -0.05) is 140 Å². The molecule has 0 aliphatic heterocycles. The van der Waals surface area contributed by atoms with Crippen LogP contribution in [-0.4, -0.2) is 19.4 Å². The van der Waals surface area contributed by atoms with Gasteiger partial charge in [0.25, 0.3) is 0 Å². The van der Waals surface area contributed by atoms with Crippen LogP contribution in [0.1, 0.15) is 0 Å². The molecule has 3 aromatic heterocycles. The molecular weight excluding hydrogens is 589 g/mol. The number of fused-ring (bicyclic) bond motifs is 7. The van der Waals surface area contributed by atoms with E-state index in [0.717, 1.165) is 77.1 Å². The van der Waals surface area contributed by atoms with Gasteiger partial charge in [-0.05, 0) is 45.3 Å². The Balaban J connectivity index is 1.17. The summed E-state index contributed by atoms with van der Waals surface area (Å²) in [6.45, 7) is 0. The predicted molar refractivity (Wildman–Crippen MR) is 195 cm³/mol. The molecule has 0 spiro atoms. The Hall–Kier alpha value is -6.59. The smallest absolute Gasteiger partial charge is 0.213 e. The molecule has 7 aromatic carbocycles. The fraction of sp³-hybridized carbons (Fsp3) is 0. The topological polar surface area (TPSA) is 56.2 Å². The Morgan fingerprint density at radius 1 is 0.396 bits per heavy atom. The van der Waals surface area contributed by atoms with Gasteiger partial charge in [0.2, 0.25) is 5.71 Å². The molecule has 10 rings (SSSR count). The Kier molecular flexibility index (Phi) is 5.81. The van der Waals surface area contributed by atoms with Crippen molar-refractivity contribution >= 4 is 49.3 Å². The number of nitrogens with zero attached hydrogens (tertiary/aromatic N) is 4. The summed E-state index contributed by atoms with van der Waals surface area (Å²) >= 11 is 0. The molecule has 0 N–H and O–H groups in total. The number of benzene rings is 7. The van der Waals surface area contributed by atoms with E-state index < -0.39 is 0 Å². The zero-order valence-electron chi connectivity index (χ0n) is 25.7. The quantitative estimate of drug-likeness (QED) is 0.198. The molecule has 10 aromatic rings. The van der Waals surface area contributed by atoms with E-state index in [2.05, 4.69) is 144 Å². The first-order valence-electron chi connectivity index (χ1n) is 16.0. The molecule has 0 saturated heterocycles. The van der Waals surface area contributed by atoms with Gasteiger partial charge in [-0.3, -0.25) is 4.40 Å². The largest absolute Gasteiger partial charge is 0.438 e. The number of para-hydroxylation sites is 3. The zero-order chi connectivity index (χ0) is 31.6. The lowest BCUT2D eigenvalue weighted by atomic mass is 10.0. The highest BCUT2D eigenvalue weighted by atomic mass is 16.3. The standard InChI is InChI=1S/C43H26N4O/c1-3-15-31-27(11-1)13-9-18-33(31)41-44-40(45-42(46-41)34-19-10-14-28-12-2-4-16-32(28)34)30-25-23-29(24-26-30)39-35-17-5-6-20-36(35)47-37-21-7-8-22-38(37)48-43(39)47/h1-26H. The SMILES string of the molecule is c1ccc2c(-c3nc(-c4ccc(-c5c6ccccc6n6c5oc5ccccc56)cc4)nc(-c4cccc5ccccc45)n3)cccc2c1. The highest BCUT2D eigenvalue weighted by molar-refractivity contribution is 6.07. The number of hydrogen-bond acceptors (Lipinski definition) is 4. The highest BCUT2D eigenvalue weighted by Crippen LogP contribution is 2.40. The van der Waals surface area contributed by atoms with Crippen molar-refractivity contribution in [3.63, 3.8) is 0 Å². The average molecular weight is 615 g/mol. The van der Waals surface area contributed by atoms with Gasteiger partial charge < -0.3 is 4.42 Å². The molecule has 0 radical (unpaired) electrons. The molecule has 0 unspecified atom stereocenters. The van der Waals surface area contributed by atoms with Crippen molar-refractivity contribution < 1.29 is 4.42 Å². The van der Waals surface area contributed by atoms with Crippen molar-refractivity contribution in [1.29, 1.82) is 0 Å². The second-order valence-electron chi connectivity index (χ2n) is 12.0. The van der Waals surface area contributed by atoms with Crippen molar-refractivity contribution in [2.75, 3.05) is 0 Å². The molecule has 48 heavy (non-hydrogen) atoms. The van der Waals surface area contributed by atoms with Gasteiger partial charge in [0, 0.05) is 22.1 Å². The summed E-state index contributed by atoms with van der Waals surface area (Å²) in [7, 11) is 0. The van der Waals surface area contributed by atoms with Crippen LogP contribution in [0.15, 0.2) is 162 Å². The van der Waals surface area contributed by atoms with Crippen LogP contribution in [0, 0.1) is 0 Å². The Bertz CT molecular complexity index is 2740. The van der Waals surface area contributed by atoms with E-state index >= 15 is 0 Å². The number of oxazole rings is 1. The Labute approximate surface area is 275 Å². The summed E-state index contributed by atoms with van der Waals surface area (Å²) < 4.78 is 8.68. The molecular formula is C43H26N4O. The van der Waals surface area contributed by atoms with Crippen molar-refractivity contribution in [1.82, 2.24) is 19.4 Å². The van der Waals surface area contributed by atoms with Crippen LogP contribution in [0.2, 0.25) is 0 Å². The lowest BCUT2D eigenvalue weighted by molar-refractivity contribution is 0.658. The van der Waals surface area contributed by atoms with Crippen molar-refractivity contribution in [2.45, 2.75) is 0 Å². The minimum Gasteiger partial charge on any atom is -0.438 e. The van der Waals surface area contributed by atoms with Crippen molar-refractivity contribution in [3.8, 4) is 45.3 Å². The summed E-state index contributed by atoms with van der Waals surface area (Å²) in [6.07, 6.45) is 0. The molecule has 0 bridgehead atoms. The lowest BCUT2D eigenvalue weighted by Gasteiger charge is -2.12. The summed E-state index contributed by atoms with van der Waals surface area (Å²) in [6, 6.07) is 54.4. The van der Waals surface area contributed by atoms with Gasteiger partial charge in [-0.25, -0.2) is 15.0 Å². The second kappa shape index (κ2) is 10.5. The highest BCUT2D eigenvalue weighted by Gasteiger charge is 2.20. The third kappa shape index (κ3) is 4.08. The first kappa shape index (κ1) is 26.6. The number of aromatic nitrogens is 4. The van der Waals surface area contributed by atoms with E-state index in [1.165, 1.54) is 0 Å². The van der Waals surface area contributed by atoms with E-state index in [-0.39, 0.29) is 0 Å². The molecule has 0 atom stereocenters. The Morgan fingerprint density at radius 3 is 1.56 bits per heavy atom. The number of hydrogen-bond donors (Lipinski definition) is 0. The minimum atomic E-state index is 0.623. The van der Waals surface area contributed by atoms with E-state index in [0.29, 0.717) is 17.5 Å². The maximum Gasteiger partial charge on any atom is 0.213 e. The second-order valence-corrected chi connectivity index (χ2v) is 12.0. The molecule has 5 nitrogen and oxygen atoms in total. The third-order valence-corrected chi connectivity index (χ3v) is 9.27. The molecule has 0 amide bonds. The van der Waals surface area contributed by atoms with Crippen molar-refractivity contribution in [2.24, 2.45) is 0 Å². The van der Waals surface area contributed by atoms with Gasteiger partial charge in [-0.15, -0.1) is 0 Å². The van der Waals surface area contributed by atoms with Gasteiger partial charge in [0.1, 0.15) is 0 Å². The third-order valence-electron chi connectivity index (χ3n) is 9.27. The van der Waals surface area contributed by atoms with Gasteiger partial charge in [0.05, 0.1) is 16.6 Å². The fourth-order valence-electron chi connectivity index (χ4n) is 7.04. The Morgan fingerprint density at radius 2 is 0.896 bits per heavy atom. The van der Waals surface area contributed by atoms with E-state index in [9.17, 15) is 0 Å². The van der Waals surface area contributed by atoms with Gasteiger partial charge >= 0.3 is 0 Å². The molecule has 0 saturated carbocycles. The van der Waals surface area contributed by atoms with Crippen LogP contribution in [0.4, 0.5) is 0 Å². The lowest BCUT2D eigenvalue weighted by Crippen LogP contribution is -2.01. The minimum absolute atomic E-state index is 0.623. The summed E-state index contributed by atoms with van der Waals surface area (Å²) in [4.78, 5) is 15.3. The molecule has 3 heterocycles. The van der Waals surface area contributed by atoms with Gasteiger partial charge in [0.15, 0.2) is 23.1 Å².